The first-order chi connectivity index (χ1) is 13.3. The maximum absolute atomic E-state index is 12.9. The summed E-state index contributed by atoms with van der Waals surface area (Å²) in [5.74, 6) is -0.120. The van der Waals surface area contributed by atoms with Gasteiger partial charge in [-0.05, 0) is 67.4 Å². The average molecular weight is 380 g/mol. The zero-order valence-electron chi connectivity index (χ0n) is 16.0. The van der Waals surface area contributed by atoms with E-state index in [-0.39, 0.29) is 16.9 Å². The van der Waals surface area contributed by atoms with Crippen molar-refractivity contribution in [2.45, 2.75) is 20.5 Å². The van der Waals surface area contributed by atoms with Crippen LogP contribution in [0.1, 0.15) is 27.2 Å². The number of amides is 1. The maximum atomic E-state index is 12.9. The third-order valence-corrected chi connectivity index (χ3v) is 4.53. The molecular weight excluding hydrogens is 359 g/mol. The molecule has 0 bridgehead atoms. The highest BCUT2D eigenvalue weighted by atomic mass is 19.1. The van der Waals surface area contributed by atoms with E-state index in [0.29, 0.717) is 23.6 Å². The van der Waals surface area contributed by atoms with Crippen LogP contribution in [0.4, 0.5) is 10.1 Å². The molecule has 28 heavy (non-hydrogen) atoms. The van der Waals surface area contributed by atoms with E-state index in [1.807, 2.05) is 13.0 Å². The molecule has 1 amide bonds. The minimum atomic E-state index is -0.446. The molecule has 2 aromatic carbocycles. The van der Waals surface area contributed by atoms with Crippen molar-refractivity contribution in [3.63, 3.8) is 0 Å². The van der Waals surface area contributed by atoms with E-state index in [9.17, 15) is 14.0 Å². The Morgan fingerprint density at radius 2 is 1.71 bits per heavy atom. The second kappa shape index (κ2) is 8.08. The third kappa shape index (κ3) is 4.28. The van der Waals surface area contributed by atoms with Crippen molar-refractivity contribution >= 4 is 11.6 Å². The van der Waals surface area contributed by atoms with Crippen LogP contribution >= 0.6 is 0 Å². The van der Waals surface area contributed by atoms with Crippen molar-refractivity contribution in [1.82, 2.24) is 4.57 Å². The number of anilines is 1. The first-order valence-electron chi connectivity index (χ1n) is 8.81. The average Bonchev–Trinajstić information content (AvgIpc) is 2.67. The van der Waals surface area contributed by atoms with E-state index < -0.39 is 5.91 Å². The van der Waals surface area contributed by atoms with Gasteiger partial charge in [0.1, 0.15) is 23.7 Å². The molecule has 0 aliphatic heterocycles. The third-order valence-electron chi connectivity index (χ3n) is 4.53. The predicted molar refractivity (Wildman–Crippen MR) is 106 cm³/mol. The van der Waals surface area contributed by atoms with E-state index in [4.69, 9.17) is 4.74 Å². The number of rotatable bonds is 5. The van der Waals surface area contributed by atoms with Gasteiger partial charge in [-0.2, -0.15) is 0 Å². The second-order valence-corrected chi connectivity index (χ2v) is 6.60. The van der Waals surface area contributed by atoms with E-state index in [1.54, 1.807) is 50.4 Å². The molecule has 5 nitrogen and oxygen atoms in total. The maximum Gasteiger partial charge on any atom is 0.263 e. The molecule has 1 heterocycles. The van der Waals surface area contributed by atoms with Gasteiger partial charge in [0.15, 0.2) is 0 Å². The van der Waals surface area contributed by atoms with Gasteiger partial charge in [0, 0.05) is 18.4 Å². The molecule has 1 N–H and O–H groups in total. The standard InChI is InChI=1S/C22H21FN2O3/c1-14-12-15(2)25(3)22(27)20(14)21(26)24-18-8-10-19(11-9-18)28-13-16-4-6-17(23)7-5-16/h4-12H,13H2,1-3H3,(H,24,26). The number of nitrogens with one attached hydrogen (secondary N) is 1. The van der Waals surface area contributed by atoms with Crippen LogP contribution in [0.5, 0.6) is 5.75 Å². The van der Waals surface area contributed by atoms with Crippen LogP contribution in [-0.4, -0.2) is 10.5 Å². The molecule has 0 saturated carbocycles. The molecule has 0 unspecified atom stereocenters. The normalized spacial score (nSPS) is 10.6. The molecule has 0 radical (unpaired) electrons. The lowest BCUT2D eigenvalue weighted by Gasteiger charge is -2.12. The number of benzene rings is 2. The van der Waals surface area contributed by atoms with E-state index in [0.717, 1.165) is 11.3 Å². The number of pyridine rings is 1. The molecule has 3 rings (SSSR count). The van der Waals surface area contributed by atoms with Crippen LogP contribution in [0.2, 0.25) is 0 Å². The SMILES string of the molecule is Cc1cc(C)n(C)c(=O)c1C(=O)Nc1ccc(OCc2ccc(F)cc2)cc1. The zero-order valence-corrected chi connectivity index (χ0v) is 16.0. The summed E-state index contributed by atoms with van der Waals surface area (Å²) in [6, 6.07) is 14.7. The fraction of sp³-hybridized carbons (Fsp3) is 0.182. The number of aromatic nitrogens is 1. The molecule has 0 atom stereocenters. The van der Waals surface area contributed by atoms with Gasteiger partial charge in [0.05, 0.1) is 0 Å². The monoisotopic (exact) mass is 380 g/mol. The largest absolute Gasteiger partial charge is 0.489 e. The van der Waals surface area contributed by atoms with Gasteiger partial charge < -0.3 is 14.6 Å². The summed E-state index contributed by atoms with van der Waals surface area (Å²) in [4.78, 5) is 25.0. The minimum absolute atomic E-state index is 0.129. The summed E-state index contributed by atoms with van der Waals surface area (Å²) in [5, 5.41) is 2.74. The number of nitrogens with zero attached hydrogens (tertiary/aromatic N) is 1. The van der Waals surface area contributed by atoms with Crippen molar-refractivity contribution in [3.8, 4) is 5.75 Å². The Morgan fingerprint density at radius 3 is 2.36 bits per heavy atom. The summed E-state index contributed by atoms with van der Waals surface area (Å²) in [7, 11) is 1.64. The molecule has 0 spiro atoms. The van der Waals surface area contributed by atoms with Crippen LogP contribution in [0.3, 0.4) is 0 Å². The summed E-state index contributed by atoms with van der Waals surface area (Å²) in [6.45, 7) is 3.88. The Labute approximate surface area is 162 Å². The Bertz CT molecular complexity index is 1050. The predicted octanol–water partition coefficient (Wildman–Crippen LogP) is 3.97. The van der Waals surface area contributed by atoms with Crippen molar-refractivity contribution in [1.29, 1.82) is 0 Å². The lowest BCUT2D eigenvalue weighted by atomic mass is 10.1. The summed E-state index contributed by atoms with van der Waals surface area (Å²) in [5.41, 5.74) is 2.64. The molecule has 0 aliphatic rings. The van der Waals surface area contributed by atoms with Crippen LogP contribution in [0.15, 0.2) is 59.4 Å². The number of aryl methyl sites for hydroxylation is 2. The Balaban J connectivity index is 1.67. The number of carbonyl (C=O) groups excluding carboxylic acids is 1. The highest BCUT2D eigenvalue weighted by Gasteiger charge is 2.16. The molecule has 0 aliphatic carbocycles. The topological polar surface area (TPSA) is 60.3 Å². The van der Waals surface area contributed by atoms with Crippen LogP contribution in [-0.2, 0) is 13.7 Å². The summed E-state index contributed by atoms with van der Waals surface area (Å²) in [6.07, 6.45) is 0. The molecular formula is C22H21FN2O3. The molecule has 0 saturated heterocycles. The van der Waals surface area contributed by atoms with Crippen molar-refractivity contribution in [2.75, 3.05) is 5.32 Å². The molecule has 6 heteroatoms. The van der Waals surface area contributed by atoms with Crippen molar-refractivity contribution in [2.24, 2.45) is 7.05 Å². The number of hydrogen-bond donors (Lipinski definition) is 1. The lowest BCUT2D eigenvalue weighted by molar-refractivity contribution is 0.102. The molecule has 0 fully saturated rings. The fourth-order valence-corrected chi connectivity index (χ4v) is 2.83. The highest BCUT2D eigenvalue weighted by Crippen LogP contribution is 2.18. The highest BCUT2D eigenvalue weighted by molar-refractivity contribution is 6.05. The van der Waals surface area contributed by atoms with Gasteiger partial charge in [-0.15, -0.1) is 0 Å². The van der Waals surface area contributed by atoms with Crippen molar-refractivity contribution < 1.29 is 13.9 Å². The molecule has 1 aromatic heterocycles. The van der Waals surface area contributed by atoms with E-state index in [2.05, 4.69) is 5.32 Å². The van der Waals surface area contributed by atoms with Gasteiger partial charge in [0.25, 0.3) is 11.5 Å². The summed E-state index contributed by atoms with van der Waals surface area (Å²) >= 11 is 0. The van der Waals surface area contributed by atoms with E-state index in [1.165, 1.54) is 16.7 Å². The van der Waals surface area contributed by atoms with Crippen LogP contribution < -0.4 is 15.6 Å². The molecule has 3 aromatic rings. The van der Waals surface area contributed by atoms with Crippen molar-refractivity contribution in [3.05, 3.63) is 93.2 Å². The smallest absolute Gasteiger partial charge is 0.263 e. The van der Waals surface area contributed by atoms with Gasteiger partial charge in [-0.25, -0.2) is 4.39 Å². The Hall–Kier alpha value is -3.41. The van der Waals surface area contributed by atoms with Crippen LogP contribution in [0.25, 0.3) is 0 Å². The first-order valence-corrected chi connectivity index (χ1v) is 8.81. The quantitative estimate of drug-likeness (QED) is 0.729. The second-order valence-electron chi connectivity index (χ2n) is 6.60. The number of hydrogen-bond acceptors (Lipinski definition) is 3. The first kappa shape index (κ1) is 19.4. The zero-order chi connectivity index (χ0) is 20.3. The Kier molecular flexibility index (Phi) is 5.59. The minimum Gasteiger partial charge on any atom is -0.489 e. The number of ether oxygens (including phenoxy) is 1. The van der Waals surface area contributed by atoms with Gasteiger partial charge in [-0.3, -0.25) is 9.59 Å². The summed E-state index contributed by atoms with van der Waals surface area (Å²) < 4.78 is 20.0. The van der Waals surface area contributed by atoms with Crippen LogP contribution in [0, 0.1) is 19.7 Å². The number of halogens is 1. The Morgan fingerprint density at radius 1 is 1.07 bits per heavy atom. The lowest BCUT2D eigenvalue weighted by Crippen LogP contribution is -2.30. The van der Waals surface area contributed by atoms with E-state index >= 15 is 0 Å². The van der Waals surface area contributed by atoms with Gasteiger partial charge in [-0.1, -0.05) is 12.1 Å². The fourth-order valence-electron chi connectivity index (χ4n) is 2.83. The number of carbonyl (C=O) groups is 1. The van der Waals surface area contributed by atoms with Gasteiger partial charge in [0.2, 0.25) is 0 Å². The van der Waals surface area contributed by atoms with Gasteiger partial charge >= 0.3 is 0 Å². The molecule has 144 valence electrons.